The zero-order valence-corrected chi connectivity index (χ0v) is 10.0. The number of amides is 1. The Morgan fingerprint density at radius 1 is 1.47 bits per heavy atom. The Balaban J connectivity index is 2.32. The van der Waals surface area contributed by atoms with Crippen LogP contribution in [0.25, 0.3) is 0 Å². The molecule has 0 aromatic rings. The number of hydrogen-bond acceptors (Lipinski definition) is 2. The highest BCUT2D eigenvalue weighted by Crippen LogP contribution is 2.20. The van der Waals surface area contributed by atoms with Crippen LogP contribution in [0.15, 0.2) is 12.2 Å². The Kier molecular flexibility index (Phi) is 3.77. The fourth-order valence-electron chi connectivity index (χ4n) is 1.64. The molecule has 86 valence electrons. The van der Waals surface area contributed by atoms with Crippen LogP contribution in [0.3, 0.4) is 0 Å². The molecule has 0 spiro atoms. The molecule has 0 saturated heterocycles. The Morgan fingerprint density at radius 2 is 2.13 bits per heavy atom. The second-order valence-corrected chi connectivity index (χ2v) is 5.04. The molecule has 0 aromatic heterocycles. The topological polar surface area (TPSA) is 38.3 Å². The van der Waals surface area contributed by atoms with Gasteiger partial charge in [-0.15, -0.1) is 0 Å². The number of alkyl carbamates (subject to hydrolysis) is 1. The summed E-state index contributed by atoms with van der Waals surface area (Å²) >= 11 is 0. The number of carbonyl (C=O) groups is 1. The zero-order valence-electron chi connectivity index (χ0n) is 10.0. The fraction of sp³-hybridized carbons (Fsp3) is 0.750. The SMILES string of the molecule is CCC1C=C[C@H](NC(=O)OC(C)(C)C)C1. The molecule has 0 radical (unpaired) electrons. The number of hydrogen-bond donors (Lipinski definition) is 1. The van der Waals surface area contributed by atoms with E-state index in [-0.39, 0.29) is 12.1 Å². The van der Waals surface area contributed by atoms with Gasteiger partial charge in [0.2, 0.25) is 0 Å². The van der Waals surface area contributed by atoms with E-state index in [0.29, 0.717) is 5.92 Å². The lowest BCUT2D eigenvalue weighted by molar-refractivity contribution is 0.0512. The van der Waals surface area contributed by atoms with Crippen LogP contribution in [0.1, 0.15) is 40.5 Å². The Bertz CT molecular complexity index is 253. The van der Waals surface area contributed by atoms with Crippen molar-refractivity contribution >= 4 is 6.09 Å². The molecule has 0 heterocycles. The van der Waals surface area contributed by atoms with E-state index in [1.54, 1.807) is 0 Å². The predicted octanol–water partition coefficient (Wildman–Crippen LogP) is 2.87. The van der Waals surface area contributed by atoms with Gasteiger partial charge in [0.25, 0.3) is 0 Å². The number of carbonyl (C=O) groups excluding carboxylic acids is 1. The van der Waals surface area contributed by atoms with E-state index >= 15 is 0 Å². The minimum Gasteiger partial charge on any atom is -0.444 e. The van der Waals surface area contributed by atoms with Gasteiger partial charge in [-0.3, -0.25) is 0 Å². The molecule has 0 fully saturated rings. The third-order valence-electron chi connectivity index (χ3n) is 2.40. The van der Waals surface area contributed by atoms with E-state index in [4.69, 9.17) is 4.74 Å². The van der Waals surface area contributed by atoms with Crippen LogP contribution >= 0.6 is 0 Å². The predicted molar refractivity (Wildman–Crippen MR) is 60.7 cm³/mol. The van der Waals surface area contributed by atoms with Crippen LogP contribution in [-0.4, -0.2) is 17.7 Å². The van der Waals surface area contributed by atoms with Gasteiger partial charge in [0.1, 0.15) is 5.60 Å². The highest BCUT2D eigenvalue weighted by Gasteiger charge is 2.22. The van der Waals surface area contributed by atoms with Gasteiger partial charge in [0.15, 0.2) is 0 Å². The molecule has 0 bridgehead atoms. The number of allylic oxidation sites excluding steroid dienone is 1. The summed E-state index contributed by atoms with van der Waals surface area (Å²) in [4.78, 5) is 11.4. The molecule has 2 atom stereocenters. The van der Waals surface area contributed by atoms with Gasteiger partial charge < -0.3 is 10.1 Å². The molecule has 1 aliphatic rings. The lowest BCUT2D eigenvalue weighted by atomic mass is 10.1. The number of rotatable bonds is 2. The average Bonchev–Trinajstić information content (AvgIpc) is 2.48. The summed E-state index contributed by atoms with van der Waals surface area (Å²) in [5.41, 5.74) is -0.420. The van der Waals surface area contributed by atoms with Gasteiger partial charge in [-0.25, -0.2) is 4.79 Å². The van der Waals surface area contributed by atoms with Crippen molar-refractivity contribution < 1.29 is 9.53 Å². The molecule has 1 aliphatic carbocycles. The molecular weight excluding hydrogens is 190 g/mol. The second kappa shape index (κ2) is 4.69. The minimum atomic E-state index is -0.420. The van der Waals surface area contributed by atoms with E-state index in [9.17, 15) is 4.79 Å². The van der Waals surface area contributed by atoms with Crippen molar-refractivity contribution in [3.8, 4) is 0 Å². The summed E-state index contributed by atoms with van der Waals surface area (Å²) in [6.07, 6.45) is 6.02. The van der Waals surface area contributed by atoms with Crippen molar-refractivity contribution in [1.82, 2.24) is 5.32 Å². The Labute approximate surface area is 91.9 Å². The smallest absolute Gasteiger partial charge is 0.408 e. The fourth-order valence-corrected chi connectivity index (χ4v) is 1.64. The molecular formula is C12H21NO2. The largest absolute Gasteiger partial charge is 0.444 e. The van der Waals surface area contributed by atoms with Crippen LogP contribution in [0.5, 0.6) is 0 Å². The van der Waals surface area contributed by atoms with E-state index in [1.807, 2.05) is 20.8 Å². The first-order valence-corrected chi connectivity index (χ1v) is 5.58. The van der Waals surface area contributed by atoms with Gasteiger partial charge in [0.05, 0.1) is 6.04 Å². The summed E-state index contributed by atoms with van der Waals surface area (Å²) in [7, 11) is 0. The molecule has 3 heteroatoms. The van der Waals surface area contributed by atoms with E-state index in [1.165, 1.54) is 0 Å². The maximum absolute atomic E-state index is 11.4. The minimum absolute atomic E-state index is 0.143. The maximum Gasteiger partial charge on any atom is 0.408 e. The summed E-state index contributed by atoms with van der Waals surface area (Å²) < 4.78 is 5.18. The summed E-state index contributed by atoms with van der Waals surface area (Å²) in [6, 6.07) is 0.143. The molecule has 0 aliphatic heterocycles. The first kappa shape index (κ1) is 12.1. The van der Waals surface area contributed by atoms with E-state index < -0.39 is 5.60 Å². The van der Waals surface area contributed by atoms with E-state index in [0.717, 1.165) is 12.8 Å². The molecule has 1 N–H and O–H groups in total. The van der Waals surface area contributed by atoms with Gasteiger partial charge in [-0.2, -0.15) is 0 Å². The maximum atomic E-state index is 11.4. The highest BCUT2D eigenvalue weighted by molar-refractivity contribution is 5.68. The van der Waals surface area contributed by atoms with Crippen LogP contribution in [0.2, 0.25) is 0 Å². The number of nitrogens with one attached hydrogen (secondary N) is 1. The second-order valence-electron chi connectivity index (χ2n) is 5.04. The van der Waals surface area contributed by atoms with Gasteiger partial charge in [0, 0.05) is 0 Å². The van der Waals surface area contributed by atoms with E-state index in [2.05, 4.69) is 24.4 Å². The lowest BCUT2D eigenvalue weighted by Crippen LogP contribution is -2.37. The van der Waals surface area contributed by atoms with Crippen LogP contribution in [0, 0.1) is 5.92 Å². The summed E-state index contributed by atoms with van der Waals surface area (Å²) in [5, 5.41) is 2.85. The highest BCUT2D eigenvalue weighted by atomic mass is 16.6. The third kappa shape index (κ3) is 4.36. The summed E-state index contributed by atoms with van der Waals surface area (Å²) in [5.74, 6) is 0.602. The molecule has 3 nitrogen and oxygen atoms in total. The normalized spacial score (nSPS) is 25.3. The van der Waals surface area contributed by atoms with Crippen molar-refractivity contribution in [1.29, 1.82) is 0 Å². The van der Waals surface area contributed by atoms with Crippen LogP contribution < -0.4 is 5.32 Å². The van der Waals surface area contributed by atoms with Crippen molar-refractivity contribution in [2.75, 3.05) is 0 Å². The van der Waals surface area contributed by atoms with Gasteiger partial charge >= 0.3 is 6.09 Å². The van der Waals surface area contributed by atoms with Crippen molar-refractivity contribution in [2.24, 2.45) is 5.92 Å². The molecule has 1 rings (SSSR count). The van der Waals surface area contributed by atoms with Crippen LogP contribution in [-0.2, 0) is 4.74 Å². The van der Waals surface area contributed by atoms with Gasteiger partial charge in [-0.05, 0) is 39.5 Å². The zero-order chi connectivity index (χ0) is 11.5. The standard InChI is InChI=1S/C12H21NO2/c1-5-9-6-7-10(8-9)13-11(14)15-12(2,3)4/h6-7,9-10H,5,8H2,1-4H3,(H,13,14)/t9?,10-/m0/s1. The Hall–Kier alpha value is -0.990. The quantitative estimate of drug-likeness (QED) is 0.713. The first-order valence-electron chi connectivity index (χ1n) is 5.58. The molecule has 1 amide bonds. The monoisotopic (exact) mass is 211 g/mol. The van der Waals surface area contributed by atoms with Crippen molar-refractivity contribution in [2.45, 2.75) is 52.2 Å². The first-order chi connectivity index (χ1) is 6.90. The van der Waals surface area contributed by atoms with Crippen LogP contribution in [0.4, 0.5) is 4.79 Å². The lowest BCUT2D eigenvalue weighted by Gasteiger charge is -2.21. The van der Waals surface area contributed by atoms with Crippen molar-refractivity contribution in [3.63, 3.8) is 0 Å². The van der Waals surface area contributed by atoms with Crippen molar-refractivity contribution in [3.05, 3.63) is 12.2 Å². The average molecular weight is 211 g/mol. The number of ether oxygens (including phenoxy) is 1. The molecule has 1 unspecified atom stereocenters. The molecule has 15 heavy (non-hydrogen) atoms. The Morgan fingerprint density at radius 3 is 2.60 bits per heavy atom. The van der Waals surface area contributed by atoms with Gasteiger partial charge in [-0.1, -0.05) is 19.1 Å². The molecule has 0 saturated carbocycles. The summed E-state index contributed by atoms with van der Waals surface area (Å²) in [6.45, 7) is 7.76. The third-order valence-corrected chi connectivity index (χ3v) is 2.40. The molecule has 0 aromatic carbocycles.